The van der Waals surface area contributed by atoms with Crippen LogP contribution in [0.15, 0.2) is 36.0 Å². The summed E-state index contributed by atoms with van der Waals surface area (Å²) in [6.07, 6.45) is 1.10. The summed E-state index contributed by atoms with van der Waals surface area (Å²) in [5, 5.41) is 0. The standard InChI is InChI=1S/C14H17NO4/c1-10-5-7-11(8-6-10)15(2)12(14(17)19-4)9-13(16)18-3/h5-9H,1-4H3/b12-9+. The van der Waals surface area contributed by atoms with Gasteiger partial charge in [-0.05, 0) is 19.1 Å². The highest BCUT2D eigenvalue weighted by molar-refractivity contribution is 5.99. The fourth-order valence-electron chi connectivity index (χ4n) is 1.48. The van der Waals surface area contributed by atoms with Crippen molar-refractivity contribution >= 4 is 17.6 Å². The second-order valence-corrected chi connectivity index (χ2v) is 3.94. The van der Waals surface area contributed by atoms with Crippen LogP contribution in [0.1, 0.15) is 5.56 Å². The lowest BCUT2D eigenvalue weighted by atomic mass is 10.2. The molecule has 0 saturated heterocycles. The van der Waals surface area contributed by atoms with Gasteiger partial charge in [-0.25, -0.2) is 9.59 Å². The maximum atomic E-state index is 11.7. The molecule has 1 aromatic carbocycles. The minimum atomic E-state index is -0.612. The Kier molecular flexibility index (Phi) is 5.11. The number of carbonyl (C=O) groups is 2. The summed E-state index contributed by atoms with van der Waals surface area (Å²) in [4.78, 5) is 24.6. The summed E-state index contributed by atoms with van der Waals surface area (Å²) in [7, 11) is 4.19. The van der Waals surface area contributed by atoms with E-state index in [1.807, 2.05) is 31.2 Å². The molecule has 102 valence electrons. The number of anilines is 1. The summed E-state index contributed by atoms with van der Waals surface area (Å²) in [5.41, 5.74) is 1.98. The van der Waals surface area contributed by atoms with Gasteiger partial charge in [-0.15, -0.1) is 0 Å². The summed E-state index contributed by atoms with van der Waals surface area (Å²) >= 11 is 0. The second kappa shape index (κ2) is 6.58. The first-order valence-corrected chi connectivity index (χ1v) is 5.68. The predicted octanol–water partition coefficient (Wildman–Crippen LogP) is 1.66. The SMILES string of the molecule is COC(=O)/C=C(\C(=O)OC)N(C)c1ccc(C)cc1. The molecule has 1 aromatic rings. The van der Waals surface area contributed by atoms with Crippen molar-refractivity contribution < 1.29 is 19.1 Å². The monoisotopic (exact) mass is 263 g/mol. The van der Waals surface area contributed by atoms with E-state index in [0.29, 0.717) is 0 Å². The molecule has 0 spiro atoms. The number of rotatable bonds is 4. The molecule has 0 N–H and O–H groups in total. The number of esters is 2. The molecule has 0 fully saturated rings. The third-order valence-corrected chi connectivity index (χ3v) is 2.63. The van der Waals surface area contributed by atoms with Crippen molar-refractivity contribution in [3.8, 4) is 0 Å². The first kappa shape index (κ1) is 14.8. The van der Waals surface area contributed by atoms with Gasteiger partial charge in [-0.1, -0.05) is 17.7 Å². The molecule has 0 aliphatic heterocycles. The van der Waals surface area contributed by atoms with E-state index in [9.17, 15) is 9.59 Å². The van der Waals surface area contributed by atoms with Crippen LogP contribution in [0, 0.1) is 6.92 Å². The third kappa shape index (κ3) is 3.84. The molecular formula is C14H17NO4. The average Bonchev–Trinajstić information content (AvgIpc) is 2.43. The van der Waals surface area contributed by atoms with Crippen LogP contribution in [-0.4, -0.2) is 33.2 Å². The van der Waals surface area contributed by atoms with E-state index in [1.54, 1.807) is 11.9 Å². The highest BCUT2D eigenvalue weighted by Crippen LogP contribution is 2.18. The number of carbonyl (C=O) groups excluding carboxylic acids is 2. The van der Waals surface area contributed by atoms with E-state index in [2.05, 4.69) is 9.47 Å². The fraction of sp³-hybridized carbons (Fsp3) is 0.286. The van der Waals surface area contributed by atoms with Crippen molar-refractivity contribution in [2.75, 3.05) is 26.2 Å². The average molecular weight is 263 g/mol. The number of benzene rings is 1. The molecule has 1 rings (SSSR count). The summed E-state index contributed by atoms with van der Waals surface area (Å²) < 4.78 is 9.20. The van der Waals surface area contributed by atoms with Gasteiger partial charge in [0.15, 0.2) is 0 Å². The summed E-state index contributed by atoms with van der Waals surface area (Å²) in [6, 6.07) is 7.53. The molecule has 0 unspecified atom stereocenters. The van der Waals surface area contributed by atoms with E-state index < -0.39 is 11.9 Å². The normalized spacial score (nSPS) is 10.8. The number of ether oxygens (including phenoxy) is 2. The van der Waals surface area contributed by atoms with Gasteiger partial charge in [0.1, 0.15) is 5.70 Å². The zero-order chi connectivity index (χ0) is 14.4. The van der Waals surface area contributed by atoms with E-state index in [1.165, 1.54) is 14.2 Å². The summed E-state index contributed by atoms with van der Waals surface area (Å²) in [6.45, 7) is 1.97. The molecule has 0 heterocycles. The highest BCUT2D eigenvalue weighted by atomic mass is 16.5. The number of hydrogen-bond acceptors (Lipinski definition) is 5. The van der Waals surface area contributed by atoms with Crippen molar-refractivity contribution in [2.24, 2.45) is 0 Å². The highest BCUT2D eigenvalue weighted by Gasteiger charge is 2.18. The van der Waals surface area contributed by atoms with Gasteiger partial charge in [0.05, 0.1) is 20.3 Å². The smallest absolute Gasteiger partial charge is 0.354 e. The van der Waals surface area contributed by atoms with Gasteiger partial charge < -0.3 is 14.4 Å². The Morgan fingerprint density at radius 1 is 1.11 bits per heavy atom. The van der Waals surface area contributed by atoms with E-state index >= 15 is 0 Å². The molecule has 0 atom stereocenters. The van der Waals surface area contributed by atoms with E-state index in [4.69, 9.17) is 0 Å². The first-order chi connectivity index (χ1) is 8.99. The molecule has 0 aliphatic carbocycles. The molecule has 0 aliphatic rings. The molecule has 0 bridgehead atoms. The zero-order valence-electron chi connectivity index (χ0n) is 11.5. The van der Waals surface area contributed by atoms with Crippen LogP contribution in [0.5, 0.6) is 0 Å². The second-order valence-electron chi connectivity index (χ2n) is 3.94. The van der Waals surface area contributed by atoms with Crippen LogP contribution in [0.3, 0.4) is 0 Å². The van der Waals surface area contributed by atoms with Crippen LogP contribution in [-0.2, 0) is 19.1 Å². The molecule has 19 heavy (non-hydrogen) atoms. The van der Waals surface area contributed by atoms with Gasteiger partial charge in [-0.2, -0.15) is 0 Å². The topological polar surface area (TPSA) is 55.8 Å². The summed E-state index contributed by atoms with van der Waals surface area (Å²) in [5.74, 6) is -1.21. The van der Waals surface area contributed by atoms with Crippen LogP contribution in [0.4, 0.5) is 5.69 Å². The van der Waals surface area contributed by atoms with Crippen molar-refractivity contribution in [3.05, 3.63) is 41.6 Å². The minimum absolute atomic E-state index is 0.109. The fourth-order valence-corrected chi connectivity index (χ4v) is 1.48. The number of aryl methyl sites for hydroxylation is 1. The Morgan fingerprint density at radius 3 is 2.16 bits per heavy atom. The molecular weight excluding hydrogens is 246 g/mol. The predicted molar refractivity (Wildman–Crippen MR) is 71.7 cm³/mol. The van der Waals surface area contributed by atoms with Crippen molar-refractivity contribution in [3.63, 3.8) is 0 Å². The lowest BCUT2D eigenvalue weighted by Crippen LogP contribution is -2.25. The maximum absolute atomic E-state index is 11.7. The van der Waals surface area contributed by atoms with Gasteiger partial charge in [0.25, 0.3) is 0 Å². The molecule has 0 amide bonds. The number of hydrogen-bond donors (Lipinski definition) is 0. The Balaban J connectivity index is 3.10. The number of likely N-dealkylation sites (N-methyl/N-ethyl adjacent to an activating group) is 1. The lowest BCUT2D eigenvalue weighted by molar-refractivity contribution is -0.138. The van der Waals surface area contributed by atoms with Crippen LogP contribution >= 0.6 is 0 Å². The third-order valence-electron chi connectivity index (χ3n) is 2.63. The zero-order valence-corrected chi connectivity index (χ0v) is 11.5. The lowest BCUT2D eigenvalue weighted by Gasteiger charge is -2.20. The molecule has 5 heteroatoms. The molecule has 5 nitrogen and oxygen atoms in total. The Morgan fingerprint density at radius 2 is 1.68 bits per heavy atom. The van der Waals surface area contributed by atoms with E-state index in [-0.39, 0.29) is 5.70 Å². The Labute approximate surface area is 112 Å². The van der Waals surface area contributed by atoms with Crippen LogP contribution in [0.2, 0.25) is 0 Å². The Hall–Kier alpha value is -2.30. The number of methoxy groups -OCH3 is 2. The molecule has 0 aromatic heterocycles. The minimum Gasteiger partial charge on any atom is -0.466 e. The first-order valence-electron chi connectivity index (χ1n) is 5.68. The van der Waals surface area contributed by atoms with Gasteiger partial charge >= 0.3 is 11.9 Å². The quantitative estimate of drug-likeness (QED) is 0.611. The Bertz CT molecular complexity index is 491. The molecule has 0 radical (unpaired) electrons. The van der Waals surface area contributed by atoms with Gasteiger partial charge in [0.2, 0.25) is 0 Å². The van der Waals surface area contributed by atoms with Crippen molar-refractivity contribution in [1.29, 1.82) is 0 Å². The maximum Gasteiger partial charge on any atom is 0.354 e. The van der Waals surface area contributed by atoms with Crippen molar-refractivity contribution in [1.82, 2.24) is 0 Å². The largest absolute Gasteiger partial charge is 0.466 e. The molecule has 0 saturated carbocycles. The van der Waals surface area contributed by atoms with Gasteiger partial charge in [0, 0.05) is 12.7 Å². The van der Waals surface area contributed by atoms with Crippen LogP contribution < -0.4 is 4.90 Å². The van der Waals surface area contributed by atoms with Crippen molar-refractivity contribution in [2.45, 2.75) is 6.92 Å². The van der Waals surface area contributed by atoms with Gasteiger partial charge in [-0.3, -0.25) is 0 Å². The van der Waals surface area contributed by atoms with E-state index in [0.717, 1.165) is 17.3 Å². The number of nitrogens with zero attached hydrogens (tertiary/aromatic N) is 1. The van der Waals surface area contributed by atoms with Crippen LogP contribution in [0.25, 0.3) is 0 Å².